The van der Waals surface area contributed by atoms with E-state index in [1.165, 1.54) is 0 Å². The van der Waals surface area contributed by atoms with Crippen molar-refractivity contribution in [2.45, 2.75) is 70.1 Å². The fraction of sp³-hybridized carbons (Fsp3) is 0.500. The molecule has 0 radical (unpaired) electrons. The highest BCUT2D eigenvalue weighted by Gasteiger charge is 2.39. The van der Waals surface area contributed by atoms with Crippen molar-refractivity contribution in [3.05, 3.63) is 60.0 Å². The van der Waals surface area contributed by atoms with Gasteiger partial charge < -0.3 is 15.0 Å². The molecule has 2 saturated heterocycles. The van der Waals surface area contributed by atoms with Crippen LogP contribution in [0.25, 0.3) is 11.3 Å². The van der Waals surface area contributed by atoms with Crippen LogP contribution in [0.1, 0.15) is 38.4 Å². The number of hydrogen-bond donors (Lipinski definition) is 1. The van der Waals surface area contributed by atoms with Crippen LogP contribution in [0.5, 0.6) is 0 Å². The quantitative estimate of drug-likeness (QED) is 0.495. The molecule has 36 heavy (non-hydrogen) atoms. The van der Waals surface area contributed by atoms with E-state index in [0.717, 1.165) is 17.8 Å². The molecule has 2 aromatic heterocycles. The van der Waals surface area contributed by atoms with Gasteiger partial charge in [-0.2, -0.15) is 13.2 Å². The second-order valence-corrected chi connectivity index (χ2v) is 10.8. The van der Waals surface area contributed by atoms with Gasteiger partial charge in [0.15, 0.2) is 0 Å². The Morgan fingerprint density at radius 1 is 1.14 bits per heavy atom. The molecular weight excluding hydrogens is 469 g/mol. The summed E-state index contributed by atoms with van der Waals surface area (Å²) >= 11 is 0. The SMILES string of the molecule is CC1(NCc2ccccn2)CN(c2ccc(-c3cn(CC4CC(C)(C)O4)nn3)c(CC(F)(F)F)c2)C1. The van der Waals surface area contributed by atoms with Gasteiger partial charge in [0.05, 0.1) is 42.1 Å². The Morgan fingerprint density at radius 2 is 1.92 bits per heavy atom. The molecule has 1 N–H and O–H groups in total. The molecule has 2 fully saturated rings. The number of nitrogens with zero attached hydrogens (tertiary/aromatic N) is 5. The number of nitrogens with one attached hydrogen (secondary N) is 1. The van der Waals surface area contributed by atoms with Crippen molar-refractivity contribution in [1.29, 1.82) is 0 Å². The van der Waals surface area contributed by atoms with Crippen LogP contribution in [0.4, 0.5) is 18.9 Å². The normalized spacial score (nSPS) is 20.6. The predicted molar refractivity (Wildman–Crippen MR) is 130 cm³/mol. The minimum absolute atomic E-state index is 0.0404. The number of aromatic nitrogens is 4. The lowest BCUT2D eigenvalue weighted by molar-refractivity contribution is -0.189. The number of alkyl halides is 3. The molecule has 7 nitrogen and oxygen atoms in total. The van der Waals surface area contributed by atoms with Crippen LogP contribution in [-0.2, 0) is 24.2 Å². The molecule has 0 saturated carbocycles. The van der Waals surface area contributed by atoms with E-state index >= 15 is 0 Å². The summed E-state index contributed by atoms with van der Waals surface area (Å²) in [6.45, 7) is 8.72. The number of halogens is 3. The molecule has 0 bridgehead atoms. The van der Waals surface area contributed by atoms with Crippen LogP contribution in [0, 0.1) is 0 Å². The number of benzene rings is 1. The Hall–Kier alpha value is -2.98. The van der Waals surface area contributed by atoms with Gasteiger partial charge in [0, 0.05) is 43.5 Å². The van der Waals surface area contributed by atoms with Crippen LogP contribution in [0.2, 0.25) is 0 Å². The molecule has 0 spiro atoms. The summed E-state index contributed by atoms with van der Waals surface area (Å²) in [6.07, 6.45) is -0.947. The van der Waals surface area contributed by atoms with Gasteiger partial charge in [0.2, 0.25) is 0 Å². The molecule has 1 atom stereocenters. The standard InChI is InChI=1S/C26H31F3N6O/c1-24(2)12-21(36-24)14-35-15-23(32-33-35)22-8-7-20(10-18(22)11-26(27,28)29)34-16-25(3,17-34)31-13-19-6-4-5-9-30-19/h4-10,15,21,31H,11-14,16-17H2,1-3H3. The van der Waals surface area contributed by atoms with Gasteiger partial charge in [-0.05, 0) is 50.6 Å². The van der Waals surface area contributed by atoms with E-state index in [9.17, 15) is 13.2 Å². The summed E-state index contributed by atoms with van der Waals surface area (Å²) in [5.41, 5.74) is 2.54. The van der Waals surface area contributed by atoms with Crippen molar-refractivity contribution in [2.24, 2.45) is 0 Å². The zero-order valence-electron chi connectivity index (χ0n) is 20.7. The number of ether oxygens (including phenoxy) is 1. The monoisotopic (exact) mass is 500 g/mol. The molecule has 5 rings (SSSR count). The first-order valence-corrected chi connectivity index (χ1v) is 12.1. The average Bonchev–Trinajstić information content (AvgIpc) is 3.22. The number of rotatable bonds is 8. The minimum Gasteiger partial charge on any atom is -0.370 e. The van der Waals surface area contributed by atoms with E-state index in [4.69, 9.17) is 4.74 Å². The zero-order chi connectivity index (χ0) is 25.6. The van der Waals surface area contributed by atoms with E-state index in [1.54, 1.807) is 29.2 Å². The molecule has 0 amide bonds. The molecule has 192 valence electrons. The molecular formula is C26H31F3N6O. The molecule has 2 aliphatic heterocycles. The lowest BCUT2D eigenvalue weighted by atomic mass is 9.90. The average molecular weight is 501 g/mol. The first kappa shape index (κ1) is 24.7. The number of hydrogen-bond acceptors (Lipinski definition) is 6. The molecule has 4 heterocycles. The third kappa shape index (κ3) is 5.70. The van der Waals surface area contributed by atoms with Crippen molar-refractivity contribution in [2.75, 3.05) is 18.0 Å². The third-order valence-corrected chi connectivity index (χ3v) is 6.76. The van der Waals surface area contributed by atoms with E-state index in [1.807, 2.05) is 38.1 Å². The van der Waals surface area contributed by atoms with Gasteiger partial charge in [-0.3, -0.25) is 4.98 Å². The maximum Gasteiger partial charge on any atom is 0.393 e. The Labute approximate surface area is 208 Å². The Bertz CT molecular complexity index is 1200. The van der Waals surface area contributed by atoms with E-state index in [0.29, 0.717) is 37.4 Å². The Morgan fingerprint density at radius 3 is 2.58 bits per heavy atom. The number of anilines is 1. The largest absolute Gasteiger partial charge is 0.393 e. The van der Waals surface area contributed by atoms with E-state index in [-0.39, 0.29) is 22.8 Å². The second-order valence-electron chi connectivity index (χ2n) is 10.8. The molecule has 0 aliphatic carbocycles. The molecule has 1 unspecified atom stereocenters. The van der Waals surface area contributed by atoms with E-state index in [2.05, 4.69) is 32.4 Å². The molecule has 3 aromatic rings. The summed E-state index contributed by atoms with van der Waals surface area (Å²) in [6, 6.07) is 11.0. The van der Waals surface area contributed by atoms with Crippen LogP contribution < -0.4 is 10.2 Å². The second kappa shape index (κ2) is 9.15. The van der Waals surface area contributed by atoms with Crippen LogP contribution in [0.15, 0.2) is 48.8 Å². The third-order valence-electron chi connectivity index (χ3n) is 6.76. The van der Waals surface area contributed by atoms with Crippen LogP contribution >= 0.6 is 0 Å². The van der Waals surface area contributed by atoms with Crippen molar-refractivity contribution < 1.29 is 17.9 Å². The highest BCUT2D eigenvalue weighted by Crippen LogP contribution is 2.36. The van der Waals surface area contributed by atoms with Gasteiger partial charge in [-0.25, -0.2) is 4.68 Å². The summed E-state index contributed by atoms with van der Waals surface area (Å²) in [7, 11) is 0. The minimum atomic E-state index is -4.33. The smallest absolute Gasteiger partial charge is 0.370 e. The van der Waals surface area contributed by atoms with Gasteiger partial charge >= 0.3 is 6.18 Å². The zero-order valence-corrected chi connectivity index (χ0v) is 20.7. The van der Waals surface area contributed by atoms with Gasteiger partial charge in [0.1, 0.15) is 5.69 Å². The first-order chi connectivity index (χ1) is 17.0. The maximum absolute atomic E-state index is 13.5. The van der Waals surface area contributed by atoms with Crippen molar-refractivity contribution >= 4 is 5.69 Å². The first-order valence-electron chi connectivity index (χ1n) is 12.1. The van der Waals surface area contributed by atoms with Gasteiger partial charge in [-0.1, -0.05) is 17.3 Å². The summed E-state index contributed by atoms with van der Waals surface area (Å²) in [5.74, 6) is 0. The summed E-state index contributed by atoms with van der Waals surface area (Å²) in [5, 5.41) is 11.8. The molecule has 2 aliphatic rings. The Kier molecular flexibility index (Phi) is 6.28. The lowest BCUT2D eigenvalue weighted by Gasteiger charge is -2.50. The lowest BCUT2D eigenvalue weighted by Crippen LogP contribution is -2.67. The van der Waals surface area contributed by atoms with Gasteiger partial charge in [-0.15, -0.1) is 5.10 Å². The fourth-order valence-corrected chi connectivity index (χ4v) is 5.10. The van der Waals surface area contributed by atoms with Crippen molar-refractivity contribution in [1.82, 2.24) is 25.3 Å². The fourth-order valence-electron chi connectivity index (χ4n) is 5.10. The number of pyridine rings is 1. The topological polar surface area (TPSA) is 68.1 Å². The predicted octanol–water partition coefficient (Wildman–Crippen LogP) is 4.38. The van der Waals surface area contributed by atoms with Crippen LogP contribution in [-0.4, -0.2) is 56.5 Å². The maximum atomic E-state index is 13.5. The van der Waals surface area contributed by atoms with Crippen LogP contribution in [0.3, 0.4) is 0 Å². The molecule has 10 heteroatoms. The van der Waals surface area contributed by atoms with Gasteiger partial charge in [0.25, 0.3) is 0 Å². The van der Waals surface area contributed by atoms with Crippen molar-refractivity contribution in [3.8, 4) is 11.3 Å². The highest BCUT2D eigenvalue weighted by atomic mass is 19.4. The van der Waals surface area contributed by atoms with Crippen molar-refractivity contribution in [3.63, 3.8) is 0 Å². The van der Waals surface area contributed by atoms with E-state index < -0.39 is 12.6 Å². The summed E-state index contributed by atoms with van der Waals surface area (Å²) < 4.78 is 47.9. The summed E-state index contributed by atoms with van der Waals surface area (Å²) in [4.78, 5) is 6.42. The molecule has 1 aromatic carbocycles. The Balaban J connectivity index is 1.28. The highest BCUT2D eigenvalue weighted by molar-refractivity contribution is 5.68.